The first-order chi connectivity index (χ1) is 9.40. The molecule has 0 saturated heterocycles. The number of rotatable bonds is 4. The highest BCUT2D eigenvalue weighted by molar-refractivity contribution is 7.89. The summed E-state index contributed by atoms with van der Waals surface area (Å²) in [5, 5.41) is 8.91. The summed E-state index contributed by atoms with van der Waals surface area (Å²) in [5.74, 6) is 0. The van der Waals surface area contributed by atoms with E-state index in [4.69, 9.17) is 21.5 Å². The summed E-state index contributed by atoms with van der Waals surface area (Å²) in [5.41, 5.74) is 0.597. The van der Waals surface area contributed by atoms with Gasteiger partial charge in [-0.15, -0.1) is 0 Å². The van der Waals surface area contributed by atoms with E-state index in [2.05, 4.69) is 5.32 Å². The van der Waals surface area contributed by atoms with Gasteiger partial charge in [-0.25, -0.2) is 13.6 Å². The van der Waals surface area contributed by atoms with Gasteiger partial charge in [0.2, 0.25) is 10.0 Å². The van der Waals surface area contributed by atoms with Gasteiger partial charge in [0, 0.05) is 13.2 Å². The Kier molecular flexibility index (Phi) is 4.90. The number of ether oxygens (including phenoxy) is 1. The molecule has 1 aromatic rings. The van der Waals surface area contributed by atoms with Crippen LogP contribution in [-0.4, -0.2) is 27.7 Å². The third-order valence-corrected chi connectivity index (χ3v) is 4.83. The molecule has 20 heavy (non-hydrogen) atoms. The fourth-order valence-corrected chi connectivity index (χ4v) is 3.21. The number of hydrogen-bond donors (Lipinski definition) is 2. The van der Waals surface area contributed by atoms with Crippen molar-refractivity contribution in [2.24, 2.45) is 5.14 Å². The van der Waals surface area contributed by atoms with Gasteiger partial charge >= 0.3 is 0 Å². The number of anilines is 1. The lowest BCUT2D eigenvalue weighted by atomic mass is 9.92. The normalized spacial score (nSPS) is 23.6. The third kappa shape index (κ3) is 3.85. The molecule has 3 N–H and O–H groups in total. The molecule has 2 unspecified atom stereocenters. The van der Waals surface area contributed by atoms with Crippen LogP contribution in [0.15, 0.2) is 23.1 Å². The zero-order chi connectivity index (χ0) is 14.8. The molecule has 0 aliphatic heterocycles. The van der Waals surface area contributed by atoms with E-state index in [9.17, 15) is 8.42 Å². The molecule has 1 aromatic carbocycles. The highest BCUT2D eigenvalue weighted by Crippen LogP contribution is 2.29. The minimum absolute atomic E-state index is 0.0588. The molecule has 0 heterocycles. The molecule has 2 atom stereocenters. The van der Waals surface area contributed by atoms with Gasteiger partial charge in [0.05, 0.1) is 21.7 Å². The monoisotopic (exact) mass is 318 g/mol. The van der Waals surface area contributed by atoms with Crippen LogP contribution in [0.2, 0.25) is 5.02 Å². The fourth-order valence-electron chi connectivity index (χ4n) is 2.50. The largest absolute Gasteiger partial charge is 0.381 e. The van der Waals surface area contributed by atoms with Crippen LogP contribution in [0.1, 0.15) is 25.7 Å². The first-order valence-electron chi connectivity index (χ1n) is 6.52. The van der Waals surface area contributed by atoms with Gasteiger partial charge in [-0.2, -0.15) is 0 Å². The zero-order valence-electron chi connectivity index (χ0n) is 11.3. The maximum absolute atomic E-state index is 11.4. The lowest BCUT2D eigenvalue weighted by Gasteiger charge is -2.29. The van der Waals surface area contributed by atoms with Gasteiger partial charge in [-0.3, -0.25) is 0 Å². The molecule has 7 heteroatoms. The van der Waals surface area contributed by atoms with E-state index in [1.807, 2.05) is 0 Å². The van der Waals surface area contributed by atoms with Crippen molar-refractivity contribution in [3.63, 3.8) is 0 Å². The van der Waals surface area contributed by atoms with Crippen molar-refractivity contribution < 1.29 is 13.2 Å². The summed E-state index contributed by atoms with van der Waals surface area (Å²) in [4.78, 5) is 0.0588. The highest BCUT2D eigenvalue weighted by atomic mass is 35.5. The Morgan fingerprint density at radius 2 is 2.15 bits per heavy atom. The molecule has 1 saturated carbocycles. The molecule has 0 amide bonds. The molecule has 2 rings (SSSR count). The SMILES string of the molecule is COC1CCCC(Nc2cc(S(N)(=O)=O)ccc2Cl)C1. The van der Waals surface area contributed by atoms with Crippen LogP contribution in [-0.2, 0) is 14.8 Å². The van der Waals surface area contributed by atoms with E-state index in [0.717, 1.165) is 25.7 Å². The Hall–Kier alpha value is -0.820. The quantitative estimate of drug-likeness (QED) is 0.893. The summed E-state index contributed by atoms with van der Waals surface area (Å²) in [6.07, 6.45) is 4.26. The van der Waals surface area contributed by atoms with Gasteiger partial charge in [-0.05, 0) is 43.9 Å². The van der Waals surface area contributed by atoms with E-state index in [0.29, 0.717) is 10.7 Å². The molecule has 0 aromatic heterocycles. The van der Waals surface area contributed by atoms with Crippen LogP contribution < -0.4 is 10.5 Å². The number of nitrogens with two attached hydrogens (primary N) is 1. The van der Waals surface area contributed by atoms with Crippen LogP contribution in [0, 0.1) is 0 Å². The summed E-state index contributed by atoms with van der Waals surface area (Å²) in [7, 11) is -2.01. The van der Waals surface area contributed by atoms with Crippen LogP contribution in [0.5, 0.6) is 0 Å². The summed E-state index contributed by atoms with van der Waals surface area (Å²) < 4.78 is 28.1. The van der Waals surface area contributed by atoms with Crippen molar-refractivity contribution in [3.05, 3.63) is 23.2 Å². The number of hydrogen-bond acceptors (Lipinski definition) is 4. The van der Waals surface area contributed by atoms with Crippen molar-refractivity contribution in [1.82, 2.24) is 0 Å². The van der Waals surface area contributed by atoms with Gasteiger partial charge < -0.3 is 10.1 Å². The van der Waals surface area contributed by atoms with Crippen LogP contribution in [0.4, 0.5) is 5.69 Å². The molecule has 1 aliphatic carbocycles. The highest BCUT2D eigenvalue weighted by Gasteiger charge is 2.22. The van der Waals surface area contributed by atoms with E-state index in [1.165, 1.54) is 12.1 Å². The first-order valence-corrected chi connectivity index (χ1v) is 8.44. The Morgan fingerprint density at radius 1 is 1.40 bits per heavy atom. The number of halogens is 1. The predicted octanol–water partition coefficient (Wildman–Crippen LogP) is 2.36. The Balaban J connectivity index is 2.16. The lowest BCUT2D eigenvalue weighted by Crippen LogP contribution is -2.31. The second-order valence-electron chi connectivity index (χ2n) is 5.05. The van der Waals surface area contributed by atoms with Crippen molar-refractivity contribution in [1.29, 1.82) is 0 Å². The minimum Gasteiger partial charge on any atom is -0.381 e. The molecule has 1 aliphatic rings. The van der Waals surface area contributed by atoms with Crippen LogP contribution in [0.25, 0.3) is 0 Å². The standard InChI is InChI=1S/C13H19ClN2O3S/c1-19-10-4-2-3-9(7-10)16-13-8-11(20(15,17)18)5-6-12(13)14/h5-6,8-10,16H,2-4,7H2,1H3,(H2,15,17,18). The average Bonchev–Trinajstić information content (AvgIpc) is 2.40. The maximum Gasteiger partial charge on any atom is 0.238 e. The Morgan fingerprint density at radius 3 is 2.80 bits per heavy atom. The van der Waals surface area contributed by atoms with Crippen molar-refractivity contribution >= 4 is 27.3 Å². The van der Waals surface area contributed by atoms with Gasteiger partial charge in [0.15, 0.2) is 0 Å². The van der Waals surface area contributed by atoms with Crippen molar-refractivity contribution in [2.75, 3.05) is 12.4 Å². The second-order valence-corrected chi connectivity index (χ2v) is 7.02. The first kappa shape index (κ1) is 15.6. The topological polar surface area (TPSA) is 81.4 Å². The smallest absolute Gasteiger partial charge is 0.238 e. The van der Waals surface area contributed by atoms with Gasteiger partial charge in [0.25, 0.3) is 0 Å². The molecule has 0 bridgehead atoms. The maximum atomic E-state index is 11.4. The lowest BCUT2D eigenvalue weighted by molar-refractivity contribution is 0.0669. The summed E-state index contributed by atoms with van der Waals surface area (Å²) in [6, 6.07) is 4.65. The molecular formula is C13H19ClN2O3S. The average molecular weight is 319 g/mol. The predicted molar refractivity (Wildman–Crippen MR) is 79.5 cm³/mol. The van der Waals surface area contributed by atoms with E-state index in [1.54, 1.807) is 13.2 Å². The molecule has 5 nitrogen and oxygen atoms in total. The van der Waals surface area contributed by atoms with E-state index >= 15 is 0 Å². The molecule has 112 valence electrons. The number of benzene rings is 1. The van der Waals surface area contributed by atoms with Crippen molar-refractivity contribution in [3.8, 4) is 0 Å². The fraction of sp³-hybridized carbons (Fsp3) is 0.538. The van der Waals surface area contributed by atoms with E-state index < -0.39 is 10.0 Å². The van der Waals surface area contributed by atoms with Crippen molar-refractivity contribution in [2.45, 2.75) is 42.7 Å². The summed E-state index contributed by atoms with van der Waals surface area (Å²) >= 11 is 6.11. The summed E-state index contributed by atoms with van der Waals surface area (Å²) in [6.45, 7) is 0. The number of nitrogens with one attached hydrogen (secondary N) is 1. The number of primary sulfonamides is 1. The molecular weight excluding hydrogens is 300 g/mol. The Bertz CT molecular complexity index is 577. The van der Waals surface area contributed by atoms with E-state index in [-0.39, 0.29) is 17.0 Å². The number of methoxy groups -OCH3 is 1. The molecule has 1 fully saturated rings. The Labute approximate surface area is 124 Å². The van der Waals surface area contributed by atoms with Crippen LogP contribution >= 0.6 is 11.6 Å². The minimum atomic E-state index is -3.72. The van der Waals surface area contributed by atoms with Gasteiger partial charge in [0.1, 0.15) is 0 Å². The molecule has 0 spiro atoms. The van der Waals surface area contributed by atoms with Gasteiger partial charge in [-0.1, -0.05) is 11.6 Å². The third-order valence-electron chi connectivity index (χ3n) is 3.59. The molecule has 0 radical (unpaired) electrons. The number of sulfonamides is 1. The zero-order valence-corrected chi connectivity index (χ0v) is 12.9. The second kappa shape index (κ2) is 6.30. The van der Waals surface area contributed by atoms with Crippen LogP contribution in [0.3, 0.4) is 0 Å².